The van der Waals surface area contributed by atoms with E-state index in [0.29, 0.717) is 6.04 Å². The van der Waals surface area contributed by atoms with Crippen LogP contribution in [0.2, 0.25) is 0 Å². The van der Waals surface area contributed by atoms with E-state index in [1.54, 1.807) is 0 Å². The van der Waals surface area contributed by atoms with E-state index < -0.39 is 0 Å². The molecule has 1 aliphatic carbocycles. The third kappa shape index (κ3) is 3.98. The second-order valence-electron chi connectivity index (χ2n) is 6.38. The third-order valence-corrected chi connectivity index (χ3v) is 4.83. The molecule has 118 valence electrons. The van der Waals surface area contributed by atoms with Crippen molar-refractivity contribution in [2.24, 2.45) is 0 Å². The van der Waals surface area contributed by atoms with Crippen LogP contribution in [0.15, 0.2) is 12.4 Å². The summed E-state index contributed by atoms with van der Waals surface area (Å²) < 4.78 is 2.06. The SMILES string of the molecule is CCN(CC)CCn1cc(NC2CCN(C3CC3)C2)cn1. The molecule has 0 amide bonds. The van der Waals surface area contributed by atoms with Gasteiger partial charge in [0.2, 0.25) is 0 Å². The van der Waals surface area contributed by atoms with Crippen LogP contribution in [0.5, 0.6) is 0 Å². The predicted octanol–water partition coefficient (Wildman–Crippen LogP) is 1.87. The summed E-state index contributed by atoms with van der Waals surface area (Å²) in [6.45, 7) is 11.2. The summed E-state index contributed by atoms with van der Waals surface area (Å²) in [4.78, 5) is 5.07. The maximum Gasteiger partial charge on any atom is 0.0729 e. The maximum absolute atomic E-state index is 4.48. The van der Waals surface area contributed by atoms with Crippen LogP contribution < -0.4 is 5.32 Å². The van der Waals surface area contributed by atoms with E-state index in [0.717, 1.165) is 32.2 Å². The highest BCUT2D eigenvalue weighted by Gasteiger charge is 2.34. The molecule has 2 fully saturated rings. The summed E-state index contributed by atoms with van der Waals surface area (Å²) in [5.74, 6) is 0. The Morgan fingerprint density at radius 3 is 2.81 bits per heavy atom. The van der Waals surface area contributed by atoms with Gasteiger partial charge in [0, 0.05) is 37.9 Å². The second-order valence-corrected chi connectivity index (χ2v) is 6.38. The van der Waals surface area contributed by atoms with Gasteiger partial charge in [0.05, 0.1) is 18.4 Å². The summed E-state index contributed by atoms with van der Waals surface area (Å²) in [5, 5.41) is 8.13. The summed E-state index contributed by atoms with van der Waals surface area (Å²) in [5.41, 5.74) is 1.18. The lowest BCUT2D eigenvalue weighted by Crippen LogP contribution is -2.27. The van der Waals surface area contributed by atoms with Crippen molar-refractivity contribution in [3.05, 3.63) is 12.4 Å². The molecule has 1 unspecified atom stereocenters. The molecule has 2 heterocycles. The molecule has 0 aromatic carbocycles. The number of aromatic nitrogens is 2. The Morgan fingerprint density at radius 1 is 1.29 bits per heavy atom. The van der Waals surface area contributed by atoms with Crippen LogP contribution in [0.1, 0.15) is 33.1 Å². The van der Waals surface area contributed by atoms with Crippen molar-refractivity contribution >= 4 is 5.69 Å². The molecule has 1 N–H and O–H groups in total. The topological polar surface area (TPSA) is 36.3 Å². The lowest BCUT2D eigenvalue weighted by atomic mass is 10.2. The number of hydrogen-bond acceptors (Lipinski definition) is 4. The Kier molecular flexibility index (Phi) is 4.80. The lowest BCUT2D eigenvalue weighted by Gasteiger charge is -2.17. The number of hydrogen-bond donors (Lipinski definition) is 1. The summed E-state index contributed by atoms with van der Waals surface area (Å²) >= 11 is 0. The van der Waals surface area contributed by atoms with Crippen molar-refractivity contribution in [2.75, 3.05) is 38.0 Å². The summed E-state index contributed by atoms with van der Waals surface area (Å²) in [6, 6.07) is 1.50. The molecule has 0 bridgehead atoms. The van der Waals surface area contributed by atoms with E-state index in [1.165, 1.54) is 38.0 Å². The second kappa shape index (κ2) is 6.79. The Bertz CT molecular complexity index is 436. The maximum atomic E-state index is 4.48. The number of nitrogens with zero attached hydrogens (tertiary/aromatic N) is 4. The molecule has 3 rings (SSSR count). The summed E-state index contributed by atoms with van der Waals surface area (Å²) in [7, 11) is 0. The van der Waals surface area contributed by atoms with Gasteiger partial charge in [0.15, 0.2) is 0 Å². The smallest absolute Gasteiger partial charge is 0.0729 e. The van der Waals surface area contributed by atoms with Crippen molar-refractivity contribution in [3.63, 3.8) is 0 Å². The van der Waals surface area contributed by atoms with E-state index in [4.69, 9.17) is 0 Å². The van der Waals surface area contributed by atoms with E-state index in [1.807, 2.05) is 6.20 Å². The fourth-order valence-electron chi connectivity index (χ4n) is 3.26. The van der Waals surface area contributed by atoms with Crippen LogP contribution in [0, 0.1) is 0 Å². The van der Waals surface area contributed by atoms with E-state index in [9.17, 15) is 0 Å². The molecule has 2 aliphatic rings. The lowest BCUT2D eigenvalue weighted by molar-refractivity contribution is 0.285. The number of rotatable bonds is 8. The fourth-order valence-corrected chi connectivity index (χ4v) is 3.26. The van der Waals surface area contributed by atoms with Crippen molar-refractivity contribution in [1.82, 2.24) is 19.6 Å². The molecular formula is C16H29N5. The fraction of sp³-hybridized carbons (Fsp3) is 0.812. The quantitative estimate of drug-likeness (QED) is 0.793. The molecule has 1 aliphatic heterocycles. The first-order valence-electron chi connectivity index (χ1n) is 8.54. The third-order valence-electron chi connectivity index (χ3n) is 4.83. The first-order valence-corrected chi connectivity index (χ1v) is 8.54. The van der Waals surface area contributed by atoms with Crippen molar-refractivity contribution in [1.29, 1.82) is 0 Å². The highest BCUT2D eigenvalue weighted by atomic mass is 15.3. The number of anilines is 1. The van der Waals surface area contributed by atoms with Gasteiger partial charge in [0.25, 0.3) is 0 Å². The first-order chi connectivity index (χ1) is 10.3. The largest absolute Gasteiger partial charge is 0.378 e. The van der Waals surface area contributed by atoms with E-state index >= 15 is 0 Å². The van der Waals surface area contributed by atoms with Crippen molar-refractivity contribution in [3.8, 4) is 0 Å². The molecule has 21 heavy (non-hydrogen) atoms. The van der Waals surface area contributed by atoms with Gasteiger partial charge in [-0.3, -0.25) is 9.58 Å². The monoisotopic (exact) mass is 291 g/mol. The summed E-state index contributed by atoms with van der Waals surface area (Å²) in [6.07, 6.45) is 8.22. The highest BCUT2D eigenvalue weighted by Crippen LogP contribution is 2.30. The Balaban J connectivity index is 1.44. The van der Waals surface area contributed by atoms with E-state index in [-0.39, 0.29) is 0 Å². The van der Waals surface area contributed by atoms with Crippen molar-refractivity contribution in [2.45, 2.75) is 51.7 Å². The highest BCUT2D eigenvalue weighted by molar-refractivity contribution is 5.39. The number of likely N-dealkylation sites (tertiary alicyclic amines) is 1. The van der Waals surface area contributed by atoms with Gasteiger partial charge in [-0.05, 0) is 32.4 Å². The minimum atomic E-state index is 0.603. The molecule has 1 atom stereocenters. The molecule has 5 nitrogen and oxygen atoms in total. The zero-order valence-corrected chi connectivity index (χ0v) is 13.5. The van der Waals surface area contributed by atoms with Gasteiger partial charge in [-0.15, -0.1) is 0 Å². The van der Waals surface area contributed by atoms with E-state index in [2.05, 4.69) is 44.9 Å². The van der Waals surface area contributed by atoms with Crippen LogP contribution in [0.3, 0.4) is 0 Å². The number of likely N-dealkylation sites (N-methyl/N-ethyl adjacent to an activating group) is 1. The first kappa shape index (κ1) is 14.9. The minimum Gasteiger partial charge on any atom is -0.378 e. The average molecular weight is 291 g/mol. The van der Waals surface area contributed by atoms with Crippen LogP contribution in [0.25, 0.3) is 0 Å². The zero-order valence-electron chi connectivity index (χ0n) is 13.5. The van der Waals surface area contributed by atoms with Crippen LogP contribution in [-0.2, 0) is 6.54 Å². The van der Waals surface area contributed by atoms with Crippen LogP contribution in [0.4, 0.5) is 5.69 Å². The van der Waals surface area contributed by atoms with Gasteiger partial charge < -0.3 is 10.2 Å². The number of nitrogens with one attached hydrogen (secondary N) is 1. The van der Waals surface area contributed by atoms with Crippen LogP contribution >= 0.6 is 0 Å². The molecule has 0 radical (unpaired) electrons. The Hall–Kier alpha value is -1.07. The standard InChI is InChI=1S/C16H29N5/c1-3-19(4-2)9-10-21-13-15(11-17-21)18-14-7-8-20(12-14)16-5-6-16/h11,13-14,16,18H,3-10,12H2,1-2H3. The van der Waals surface area contributed by atoms with Gasteiger partial charge in [-0.1, -0.05) is 13.8 Å². The molecule has 1 aromatic heterocycles. The zero-order chi connectivity index (χ0) is 14.7. The van der Waals surface area contributed by atoms with Gasteiger partial charge in [0.1, 0.15) is 0 Å². The normalized spacial score (nSPS) is 23.1. The van der Waals surface area contributed by atoms with Crippen molar-refractivity contribution < 1.29 is 0 Å². The Labute approximate surface area is 128 Å². The van der Waals surface area contributed by atoms with Gasteiger partial charge in [-0.2, -0.15) is 5.10 Å². The molecule has 1 saturated heterocycles. The molecule has 5 heteroatoms. The molecule has 1 aromatic rings. The van der Waals surface area contributed by atoms with Gasteiger partial charge >= 0.3 is 0 Å². The van der Waals surface area contributed by atoms with Gasteiger partial charge in [-0.25, -0.2) is 0 Å². The minimum absolute atomic E-state index is 0.603. The predicted molar refractivity (Wildman–Crippen MR) is 86.6 cm³/mol. The van der Waals surface area contributed by atoms with Crippen LogP contribution in [-0.4, -0.2) is 64.4 Å². The molecule has 1 saturated carbocycles. The molecule has 0 spiro atoms. The average Bonchev–Trinajstić information content (AvgIpc) is 3.09. The Morgan fingerprint density at radius 2 is 2.10 bits per heavy atom. The molecular weight excluding hydrogens is 262 g/mol.